The van der Waals surface area contributed by atoms with Gasteiger partial charge in [0, 0.05) is 17.2 Å². The Bertz CT molecular complexity index is 736. The normalized spacial score (nSPS) is 19.5. The summed E-state index contributed by atoms with van der Waals surface area (Å²) in [6.07, 6.45) is 5.60. The van der Waals surface area contributed by atoms with Crippen molar-refractivity contribution >= 4 is 45.5 Å². The Morgan fingerprint density at radius 3 is 2.62 bits per heavy atom. The van der Waals surface area contributed by atoms with Crippen LogP contribution in [0.4, 0.5) is 5.00 Å². The maximum atomic E-state index is 12.3. The van der Waals surface area contributed by atoms with Crippen molar-refractivity contribution in [2.24, 2.45) is 5.92 Å². The van der Waals surface area contributed by atoms with Crippen LogP contribution in [0, 0.1) is 5.92 Å². The van der Waals surface area contributed by atoms with Gasteiger partial charge in [0.1, 0.15) is 5.00 Å². The van der Waals surface area contributed by atoms with Crippen LogP contribution in [0.15, 0.2) is 0 Å². The number of amides is 1. The number of anilines is 1. The lowest BCUT2D eigenvalue weighted by molar-refractivity contribution is -0.124. The van der Waals surface area contributed by atoms with E-state index >= 15 is 0 Å². The summed E-state index contributed by atoms with van der Waals surface area (Å²) in [6, 6.07) is 0. The fourth-order valence-corrected chi connectivity index (χ4v) is 4.98. The zero-order chi connectivity index (χ0) is 18.9. The van der Waals surface area contributed by atoms with Crippen LogP contribution in [0.5, 0.6) is 0 Å². The molecule has 3 N–H and O–H groups in total. The third kappa shape index (κ3) is 4.24. The van der Waals surface area contributed by atoms with Crippen LogP contribution in [-0.4, -0.2) is 27.7 Å². The molecule has 0 aromatic carbocycles. The third-order valence-electron chi connectivity index (χ3n) is 4.94. The number of thiocarbonyl (C=S) groups is 1. The zero-order valence-corrected chi connectivity index (χ0v) is 16.6. The van der Waals surface area contributed by atoms with Gasteiger partial charge in [0.05, 0.1) is 17.8 Å². The molecule has 0 unspecified atom stereocenters. The Morgan fingerprint density at radius 2 is 1.96 bits per heavy atom. The number of carboxylic acids is 1. The Kier molecular flexibility index (Phi) is 5.64. The lowest BCUT2D eigenvalue weighted by Crippen LogP contribution is -2.39. The van der Waals surface area contributed by atoms with Crippen LogP contribution in [0.3, 0.4) is 0 Å². The van der Waals surface area contributed by atoms with Crippen molar-refractivity contribution in [1.29, 1.82) is 0 Å². The summed E-state index contributed by atoms with van der Waals surface area (Å²) < 4.78 is 5.78. The first-order chi connectivity index (χ1) is 12.3. The fraction of sp³-hybridized carbons (Fsp3) is 0.611. The molecule has 1 aliphatic carbocycles. The predicted octanol–water partition coefficient (Wildman–Crippen LogP) is 3.69. The number of fused-ring (bicyclic) bond motifs is 1. The molecule has 0 radical (unpaired) electrons. The number of aromatic carboxylic acids is 1. The monoisotopic (exact) mass is 396 g/mol. The summed E-state index contributed by atoms with van der Waals surface area (Å²) in [4.78, 5) is 25.0. The first-order valence-corrected chi connectivity index (χ1v) is 10.1. The minimum Gasteiger partial charge on any atom is -0.478 e. The summed E-state index contributed by atoms with van der Waals surface area (Å²) in [7, 11) is 0. The van der Waals surface area contributed by atoms with Crippen LogP contribution < -0.4 is 10.6 Å². The molecule has 2 aliphatic rings. The molecule has 1 saturated carbocycles. The number of rotatable bonds is 3. The van der Waals surface area contributed by atoms with Gasteiger partial charge in [-0.05, 0) is 44.5 Å². The summed E-state index contributed by atoms with van der Waals surface area (Å²) in [6.45, 7) is 4.28. The minimum absolute atomic E-state index is 0.00631. The van der Waals surface area contributed by atoms with Gasteiger partial charge in [-0.1, -0.05) is 19.3 Å². The van der Waals surface area contributed by atoms with Crippen molar-refractivity contribution in [2.45, 2.75) is 64.6 Å². The molecule has 0 bridgehead atoms. The number of carbonyl (C=O) groups is 2. The molecule has 0 atom stereocenters. The molecular weight excluding hydrogens is 372 g/mol. The molecule has 1 fully saturated rings. The van der Waals surface area contributed by atoms with E-state index in [0.29, 0.717) is 18.0 Å². The van der Waals surface area contributed by atoms with Gasteiger partial charge in [-0.2, -0.15) is 0 Å². The number of ether oxygens (including phenoxy) is 1. The predicted molar refractivity (Wildman–Crippen MR) is 105 cm³/mol. The van der Waals surface area contributed by atoms with Crippen LogP contribution in [0.2, 0.25) is 0 Å². The second kappa shape index (κ2) is 7.62. The number of hydrogen-bond acceptors (Lipinski definition) is 5. The fourth-order valence-electron chi connectivity index (χ4n) is 3.58. The maximum absolute atomic E-state index is 12.3. The highest BCUT2D eigenvalue weighted by Crippen LogP contribution is 2.40. The molecule has 142 valence electrons. The van der Waals surface area contributed by atoms with E-state index < -0.39 is 11.6 Å². The number of hydrogen-bond donors (Lipinski definition) is 3. The standard InChI is InChI=1S/C18H24N2O4S2/c1-18(2)8-11-12(9-24-18)26-15(13(11)16(22)23)20-17(25)19-14(21)10-6-4-3-5-7-10/h10H,3-9H2,1-2H3,(H,22,23)(H2,19,20,21,25). The van der Waals surface area contributed by atoms with E-state index in [9.17, 15) is 14.7 Å². The van der Waals surface area contributed by atoms with Crippen LogP contribution in [-0.2, 0) is 22.6 Å². The highest BCUT2D eigenvalue weighted by atomic mass is 32.1. The van der Waals surface area contributed by atoms with Gasteiger partial charge in [-0.25, -0.2) is 4.79 Å². The Balaban J connectivity index is 1.73. The number of carboxylic acid groups (broad SMARTS) is 1. The van der Waals surface area contributed by atoms with Gasteiger partial charge in [0.25, 0.3) is 0 Å². The van der Waals surface area contributed by atoms with E-state index in [2.05, 4.69) is 10.6 Å². The van der Waals surface area contributed by atoms with E-state index in [1.54, 1.807) is 0 Å². The van der Waals surface area contributed by atoms with Gasteiger partial charge >= 0.3 is 5.97 Å². The lowest BCUT2D eigenvalue weighted by atomic mass is 9.89. The molecule has 0 spiro atoms. The van der Waals surface area contributed by atoms with Gasteiger partial charge in [0.2, 0.25) is 5.91 Å². The lowest BCUT2D eigenvalue weighted by Gasteiger charge is -2.30. The first-order valence-electron chi connectivity index (χ1n) is 8.90. The van der Waals surface area contributed by atoms with E-state index in [1.807, 2.05) is 13.8 Å². The number of nitrogens with one attached hydrogen (secondary N) is 2. The molecule has 26 heavy (non-hydrogen) atoms. The van der Waals surface area contributed by atoms with Gasteiger partial charge in [0.15, 0.2) is 5.11 Å². The summed E-state index contributed by atoms with van der Waals surface area (Å²) in [5, 5.41) is 15.9. The Labute approximate surface area is 162 Å². The molecule has 1 aliphatic heterocycles. The van der Waals surface area contributed by atoms with Crippen LogP contribution >= 0.6 is 23.6 Å². The van der Waals surface area contributed by atoms with Crippen molar-refractivity contribution in [3.05, 3.63) is 16.0 Å². The minimum atomic E-state index is -0.996. The topological polar surface area (TPSA) is 87.7 Å². The van der Waals surface area contributed by atoms with Gasteiger partial charge in [-0.3, -0.25) is 4.79 Å². The summed E-state index contributed by atoms with van der Waals surface area (Å²) in [5.41, 5.74) is 0.629. The number of carbonyl (C=O) groups excluding carboxylic acids is 1. The molecule has 1 aromatic rings. The molecule has 8 heteroatoms. The Hall–Kier alpha value is -1.51. The van der Waals surface area contributed by atoms with Crippen molar-refractivity contribution in [3.63, 3.8) is 0 Å². The van der Waals surface area contributed by atoms with E-state index in [0.717, 1.165) is 36.1 Å². The molecule has 1 amide bonds. The van der Waals surface area contributed by atoms with Gasteiger partial charge in [-0.15, -0.1) is 11.3 Å². The van der Waals surface area contributed by atoms with E-state index in [4.69, 9.17) is 17.0 Å². The van der Waals surface area contributed by atoms with Crippen molar-refractivity contribution in [3.8, 4) is 0 Å². The quantitative estimate of drug-likeness (QED) is 0.676. The molecule has 0 saturated heterocycles. The smallest absolute Gasteiger partial charge is 0.339 e. The van der Waals surface area contributed by atoms with Crippen LogP contribution in [0.1, 0.15) is 66.8 Å². The molecule has 2 heterocycles. The highest BCUT2D eigenvalue weighted by Gasteiger charge is 2.33. The first kappa shape index (κ1) is 19.3. The van der Waals surface area contributed by atoms with Crippen molar-refractivity contribution in [2.75, 3.05) is 5.32 Å². The van der Waals surface area contributed by atoms with E-state index in [-0.39, 0.29) is 22.5 Å². The molecule has 6 nitrogen and oxygen atoms in total. The van der Waals surface area contributed by atoms with E-state index in [1.165, 1.54) is 17.8 Å². The largest absolute Gasteiger partial charge is 0.478 e. The second-order valence-corrected chi connectivity index (χ2v) is 9.03. The SMILES string of the molecule is CC1(C)Cc2c(sc(NC(=S)NC(=O)C3CCCCC3)c2C(=O)O)CO1. The second-order valence-electron chi connectivity index (χ2n) is 7.52. The maximum Gasteiger partial charge on any atom is 0.339 e. The average molecular weight is 397 g/mol. The Morgan fingerprint density at radius 1 is 1.27 bits per heavy atom. The molecule has 1 aromatic heterocycles. The van der Waals surface area contributed by atoms with Crippen molar-refractivity contribution in [1.82, 2.24) is 5.32 Å². The average Bonchev–Trinajstić information content (AvgIpc) is 2.91. The number of thiophene rings is 1. The zero-order valence-electron chi connectivity index (χ0n) is 15.0. The van der Waals surface area contributed by atoms with Crippen LogP contribution in [0.25, 0.3) is 0 Å². The summed E-state index contributed by atoms with van der Waals surface area (Å²) in [5.74, 6) is -1.08. The van der Waals surface area contributed by atoms with Crippen molar-refractivity contribution < 1.29 is 19.4 Å². The van der Waals surface area contributed by atoms with Gasteiger partial charge < -0.3 is 20.5 Å². The molecular formula is C18H24N2O4S2. The molecule has 3 rings (SSSR count). The summed E-state index contributed by atoms with van der Waals surface area (Å²) >= 11 is 6.58. The third-order valence-corrected chi connectivity index (χ3v) is 6.27. The highest BCUT2D eigenvalue weighted by molar-refractivity contribution is 7.80.